The second kappa shape index (κ2) is 6.06. The summed E-state index contributed by atoms with van der Waals surface area (Å²) in [6, 6.07) is 4.75. The number of amides is 1. The van der Waals surface area contributed by atoms with E-state index in [4.69, 9.17) is 4.74 Å². The molecule has 1 unspecified atom stereocenters. The summed E-state index contributed by atoms with van der Waals surface area (Å²) in [5.41, 5.74) is 0.554. The average molecular weight is 351 g/mol. The van der Waals surface area contributed by atoms with Crippen molar-refractivity contribution >= 4 is 21.4 Å². The Bertz CT molecular complexity index is 754. The molecule has 132 valence electrons. The summed E-state index contributed by atoms with van der Waals surface area (Å²) < 4.78 is 29.3. The number of rotatable bonds is 2. The topological polar surface area (TPSA) is 63.7 Å². The normalized spacial score (nSPS) is 23.3. The molecule has 1 fully saturated rings. The molecule has 1 amide bonds. The van der Waals surface area contributed by atoms with Crippen LogP contribution in [0.1, 0.15) is 39.5 Å². The molecule has 1 aromatic carbocycles. The molecule has 1 aromatic rings. The van der Waals surface area contributed by atoms with Gasteiger partial charge in [0.15, 0.2) is 9.84 Å². The van der Waals surface area contributed by atoms with Gasteiger partial charge in [-0.25, -0.2) is 8.42 Å². The van der Waals surface area contributed by atoms with Crippen LogP contribution in [-0.4, -0.2) is 33.7 Å². The Labute approximate surface area is 143 Å². The highest BCUT2D eigenvalue weighted by molar-refractivity contribution is 7.90. The quantitative estimate of drug-likeness (QED) is 0.821. The van der Waals surface area contributed by atoms with E-state index in [1.165, 1.54) is 12.3 Å². The Balaban J connectivity index is 1.98. The van der Waals surface area contributed by atoms with E-state index in [9.17, 15) is 13.2 Å². The number of carbonyl (C=O) groups excluding carboxylic acids is 1. The van der Waals surface area contributed by atoms with Crippen molar-refractivity contribution in [2.75, 3.05) is 24.3 Å². The summed E-state index contributed by atoms with van der Waals surface area (Å²) in [7, 11) is -3.33. The van der Waals surface area contributed by atoms with Crippen molar-refractivity contribution in [3.05, 3.63) is 18.2 Å². The van der Waals surface area contributed by atoms with Crippen molar-refractivity contribution in [2.24, 2.45) is 11.3 Å². The van der Waals surface area contributed by atoms with Crippen molar-refractivity contribution in [2.45, 2.75) is 44.4 Å². The fourth-order valence-corrected chi connectivity index (χ4v) is 4.44. The van der Waals surface area contributed by atoms with Gasteiger partial charge in [0, 0.05) is 12.2 Å². The van der Waals surface area contributed by atoms with E-state index in [1.54, 1.807) is 17.0 Å². The molecular weight excluding hydrogens is 326 g/mol. The molecule has 0 bridgehead atoms. The van der Waals surface area contributed by atoms with Crippen LogP contribution in [0.5, 0.6) is 5.75 Å². The fourth-order valence-electron chi connectivity index (χ4n) is 3.80. The molecule has 1 saturated carbocycles. The highest BCUT2D eigenvalue weighted by Gasteiger charge is 2.40. The predicted molar refractivity (Wildman–Crippen MR) is 93.1 cm³/mol. The lowest BCUT2D eigenvalue weighted by Gasteiger charge is -2.41. The monoisotopic (exact) mass is 351 g/mol. The molecule has 0 N–H and O–H groups in total. The Morgan fingerprint density at radius 2 is 2.04 bits per heavy atom. The SMILES string of the molecule is CC1(C)CCCCC1C(=O)N1CCOc2ccc(S(C)(=O)=O)cc21. The minimum absolute atomic E-state index is 0.0256. The molecule has 1 heterocycles. The number of fused-ring (bicyclic) bond motifs is 1. The molecule has 0 saturated heterocycles. The molecule has 1 atom stereocenters. The zero-order valence-corrected chi connectivity index (χ0v) is 15.4. The summed E-state index contributed by atoms with van der Waals surface area (Å²) in [6.45, 7) is 5.21. The number of nitrogens with zero attached hydrogens (tertiary/aromatic N) is 1. The first-order valence-electron chi connectivity index (χ1n) is 8.48. The standard InChI is InChI=1S/C18H25NO4S/c1-18(2)9-5-4-6-14(18)17(20)19-10-11-23-16-8-7-13(12-15(16)19)24(3,21)22/h7-8,12,14H,4-6,9-11H2,1-3H3. The molecule has 24 heavy (non-hydrogen) atoms. The van der Waals surface area contributed by atoms with Crippen LogP contribution in [0.3, 0.4) is 0 Å². The Morgan fingerprint density at radius 3 is 2.71 bits per heavy atom. The maximum absolute atomic E-state index is 13.2. The van der Waals surface area contributed by atoms with Crippen LogP contribution in [0.15, 0.2) is 23.1 Å². The van der Waals surface area contributed by atoms with E-state index < -0.39 is 9.84 Å². The summed E-state index contributed by atoms with van der Waals surface area (Å²) in [4.78, 5) is 15.2. The summed E-state index contributed by atoms with van der Waals surface area (Å²) >= 11 is 0. The van der Waals surface area contributed by atoms with Crippen LogP contribution in [0, 0.1) is 11.3 Å². The molecular formula is C18H25NO4S. The van der Waals surface area contributed by atoms with Gasteiger partial charge < -0.3 is 9.64 Å². The number of hydrogen-bond donors (Lipinski definition) is 0. The van der Waals surface area contributed by atoms with Crippen molar-refractivity contribution in [1.29, 1.82) is 0 Å². The highest BCUT2D eigenvalue weighted by Crippen LogP contribution is 2.43. The number of hydrogen-bond acceptors (Lipinski definition) is 4. The first-order chi connectivity index (χ1) is 11.2. The third-order valence-electron chi connectivity index (χ3n) is 5.29. The lowest BCUT2D eigenvalue weighted by atomic mass is 9.68. The molecule has 3 rings (SSSR count). The van der Waals surface area contributed by atoms with Crippen molar-refractivity contribution in [3.8, 4) is 5.75 Å². The van der Waals surface area contributed by atoms with Crippen molar-refractivity contribution in [3.63, 3.8) is 0 Å². The molecule has 1 aliphatic carbocycles. The zero-order valence-electron chi connectivity index (χ0n) is 14.5. The van der Waals surface area contributed by atoms with E-state index >= 15 is 0 Å². The molecule has 0 radical (unpaired) electrons. The van der Waals surface area contributed by atoms with Crippen LogP contribution in [0.25, 0.3) is 0 Å². The minimum atomic E-state index is -3.33. The average Bonchev–Trinajstić information content (AvgIpc) is 2.52. The van der Waals surface area contributed by atoms with Gasteiger partial charge in [0.1, 0.15) is 12.4 Å². The van der Waals surface area contributed by atoms with Crippen LogP contribution in [0.4, 0.5) is 5.69 Å². The minimum Gasteiger partial charge on any atom is -0.490 e. The van der Waals surface area contributed by atoms with Crippen molar-refractivity contribution in [1.82, 2.24) is 0 Å². The second-order valence-corrected chi connectivity index (χ2v) is 9.54. The summed E-state index contributed by atoms with van der Waals surface area (Å²) in [5.74, 6) is 0.643. The summed E-state index contributed by atoms with van der Waals surface area (Å²) in [5, 5.41) is 0. The maximum atomic E-state index is 13.2. The maximum Gasteiger partial charge on any atom is 0.230 e. The Kier molecular flexibility index (Phi) is 4.36. The van der Waals surface area contributed by atoms with E-state index in [0.29, 0.717) is 24.6 Å². The largest absolute Gasteiger partial charge is 0.490 e. The Hall–Kier alpha value is -1.56. The van der Waals surface area contributed by atoms with Gasteiger partial charge in [0.25, 0.3) is 0 Å². The number of benzene rings is 1. The molecule has 5 nitrogen and oxygen atoms in total. The first kappa shape index (κ1) is 17.3. The molecule has 0 spiro atoms. The zero-order chi connectivity index (χ0) is 17.5. The number of sulfone groups is 1. The first-order valence-corrected chi connectivity index (χ1v) is 10.4. The van der Waals surface area contributed by atoms with Gasteiger partial charge in [-0.15, -0.1) is 0 Å². The predicted octanol–water partition coefficient (Wildman–Crippen LogP) is 3.03. The van der Waals surface area contributed by atoms with E-state index in [0.717, 1.165) is 25.7 Å². The molecule has 6 heteroatoms. The van der Waals surface area contributed by atoms with E-state index in [2.05, 4.69) is 13.8 Å². The molecule has 0 aromatic heterocycles. The molecule has 1 aliphatic heterocycles. The number of ether oxygens (including phenoxy) is 1. The van der Waals surface area contributed by atoms with Gasteiger partial charge >= 0.3 is 0 Å². The lowest BCUT2D eigenvalue weighted by molar-refractivity contribution is -0.127. The third-order valence-corrected chi connectivity index (χ3v) is 6.40. The fraction of sp³-hybridized carbons (Fsp3) is 0.611. The van der Waals surface area contributed by atoms with Crippen LogP contribution >= 0.6 is 0 Å². The van der Waals surface area contributed by atoms with Crippen LogP contribution in [-0.2, 0) is 14.6 Å². The third kappa shape index (κ3) is 3.16. The van der Waals surface area contributed by atoms with Gasteiger partial charge in [-0.05, 0) is 36.5 Å². The van der Waals surface area contributed by atoms with Gasteiger partial charge in [0.05, 0.1) is 17.1 Å². The van der Waals surface area contributed by atoms with Gasteiger partial charge in [-0.2, -0.15) is 0 Å². The van der Waals surface area contributed by atoms with Crippen molar-refractivity contribution < 1.29 is 17.9 Å². The Morgan fingerprint density at radius 1 is 1.29 bits per heavy atom. The summed E-state index contributed by atoms with van der Waals surface area (Å²) in [6.07, 6.45) is 5.35. The van der Waals surface area contributed by atoms with Gasteiger partial charge in [-0.3, -0.25) is 4.79 Å². The van der Waals surface area contributed by atoms with Gasteiger partial charge in [-0.1, -0.05) is 26.7 Å². The van der Waals surface area contributed by atoms with E-state index in [1.807, 2.05) is 0 Å². The molecule has 2 aliphatic rings. The smallest absolute Gasteiger partial charge is 0.230 e. The number of anilines is 1. The number of carbonyl (C=O) groups is 1. The second-order valence-electron chi connectivity index (χ2n) is 7.53. The van der Waals surface area contributed by atoms with Crippen LogP contribution in [0.2, 0.25) is 0 Å². The van der Waals surface area contributed by atoms with Crippen LogP contribution < -0.4 is 9.64 Å². The van der Waals surface area contributed by atoms with E-state index in [-0.39, 0.29) is 22.1 Å². The highest BCUT2D eigenvalue weighted by atomic mass is 32.2. The lowest BCUT2D eigenvalue weighted by Crippen LogP contribution is -2.46. The van der Waals surface area contributed by atoms with Gasteiger partial charge in [0.2, 0.25) is 5.91 Å².